The van der Waals surface area contributed by atoms with Crippen molar-refractivity contribution in [1.29, 1.82) is 0 Å². The van der Waals surface area contributed by atoms with Crippen LogP contribution in [0.1, 0.15) is 5.56 Å². The summed E-state index contributed by atoms with van der Waals surface area (Å²) in [6.07, 6.45) is 3.31. The van der Waals surface area contributed by atoms with E-state index in [1.165, 1.54) is 12.1 Å². The Morgan fingerprint density at radius 3 is 2.80 bits per heavy atom. The smallest absolute Gasteiger partial charge is 0.243 e. The predicted molar refractivity (Wildman–Crippen MR) is 71.7 cm³/mol. The fraction of sp³-hybridized carbons (Fsp3) is 0.250. The summed E-state index contributed by atoms with van der Waals surface area (Å²) < 4.78 is 41.6. The molecule has 3 N–H and O–H groups in total. The van der Waals surface area contributed by atoms with Crippen LogP contribution in [-0.4, -0.2) is 24.7 Å². The van der Waals surface area contributed by atoms with Gasteiger partial charge in [-0.15, -0.1) is 0 Å². The maximum atomic E-state index is 13.7. The van der Waals surface area contributed by atoms with Crippen LogP contribution in [0.15, 0.2) is 41.6 Å². The molecule has 20 heavy (non-hydrogen) atoms. The Morgan fingerprint density at radius 1 is 1.40 bits per heavy atom. The molecule has 108 valence electrons. The van der Waals surface area contributed by atoms with Crippen molar-refractivity contribution in [2.75, 3.05) is 6.54 Å². The topological polar surface area (TPSA) is 90.0 Å². The number of rotatable bonds is 6. The lowest BCUT2D eigenvalue weighted by Gasteiger charge is -2.08. The fourth-order valence-corrected chi connectivity index (χ4v) is 2.77. The summed E-state index contributed by atoms with van der Waals surface area (Å²) in [5.74, 6) is -0.806. The highest BCUT2D eigenvalue weighted by atomic mass is 32.2. The summed E-state index contributed by atoms with van der Waals surface area (Å²) in [6, 6.07) is 5.57. The van der Waals surface area contributed by atoms with Gasteiger partial charge in [-0.3, -0.25) is 4.68 Å². The van der Waals surface area contributed by atoms with Crippen LogP contribution in [0.3, 0.4) is 0 Å². The van der Waals surface area contributed by atoms with Gasteiger partial charge < -0.3 is 5.73 Å². The number of aromatic nitrogens is 2. The third-order valence-electron chi connectivity index (χ3n) is 2.71. The van der Waals surface area contributed by atoms with Gasteiger partial charge in [-0.1, -0.05) is 6.07 Å². The van der Waals surface area contributed by atoms with E-state index in [1.54, 1.807) is 23.1 Å². The highest BCUT2D eigenvalue weighted by molar-refractivity contribution is 7.89. The number of hydrogen-bond acceptors (Lipinski definition) is 4. The highest BCUT2D eigenvalue weighted by Crippen LogP contribution is 2.15. The number of nitrogens with one attached hydrogen (secondary N) is 1. The van der Waals surface area contributed by atoms with Crippen LogP contribution in [0, 0.1) is 5.82 Å². The summed E-state index contributed by atoms with van der Waals surface area (Å²) in [4.78, 5) is -0.379. The van der Waals surface area contributed by atoms with E-state index in [9.17, 15) is 12.8 Å². The molecule has 0 atom stereocenters. The summed E-state index contributed by atoms with van der Waals surface area (Å²) in [5.41, 5.74) is 5.91. The van der Waals surface area contributed by atoms with Gasteiger partial charge in [0.05, 0.1) is 6.54 Å². The molecule has 0 saturated heterocycles. The number of hydrogen-bond donors (Lipinski definition) is 2. The van der Waals surface area contributed by atoms with E-state index in [4.69, 9.17) is 5.73 Å². The van der Waals surface area contributed by atoms with Crippen LogP contribution in [0.4, 0.5) is 4.39 Å². The maximum Gasteiger partial charge on any atom is 0.243 e. The summed E-state index contributed by atoms with van der Waals surface area (Å²) in [6.45, 7) is 0.654. The zero-order valence-electron chi connectivity index (χ0n) is 10.7. The lowest BCUT2D eigenvalue weighted by Crippen LogP contribution is -2.28. The van der Waals surface area contributed by atoms with E-state index >= 15 is 0 Å². The van der Waals surface area contributed by atoms with Crippen molar-refractivity contribution in [3.05, 3.63) is 48.0 Å². The molecular formula is C12H15FN4O2S. The van der Waals surface area contributed by atoms with Crippen molar-refractivity contribution >= 4 is 10.0 Å². The molecule has 0 aliphatic carbocycles. The minimum absolute atomic E-state index is 0.127. The minimum Gasteiger partial charge on any atom is -0.326 e. The molecule has 0 bridgehead atoms. The van der Waals surface area contributed by atoms with E-state index in [-0.39, 0.29) is 18.0 Å². The number of nitrogens with two attached hydrogens (primary N) is 1. The summed E-state index contributed by atoms with van der Waals surface area (Å²) >= 11 is 0. The second-order valence-electron chi connectivity index (χ2n) is 4.14. The first kappa shape index (κ1) is 14.6. The molecule has 8 heteroatoms. The molecule has 2 aromatic rings. The van der Waals surface area contributed by atoms with Crippen molar-refractivity contribution in [2.24, 2.45) is 5.73 Å². The first-order valence-corrected chi connectivity index (χ1v) is 7.47. The maximum absolute atomic E-state index is 13.7. The molecule has 0 amide bonds. The van der Waals surface area contributed by atoms with E-state index in [2.05, 4.69) is 9.82 Å². The molecule has 0 spiro atoms. The number of benzene rings is 1. The van der Waals surface area contributed by atoms with Crippen molar-refractivity contribution in [3.8, 4) is 0 Å². The molecule has 1 aromatic carbocycles. The Balaban J connectivity index is 2.06. The van der Waals surface area contributed by atoms with Crippen molar-refractivity contribution in [1.82, 2.24) is 14.5 Å². The largest absolute Gasteiger partial charge is 0.326 e. The molecule has 0 unspecified atom stereocenters. The lowest BCUT2D eigenvalue weighted by molar-refractivity contribution is 0.544. The van der Waals surface area contributed by atoms with Crippen LogP contribution in [0.25, 0.3) is 0 Å². The van der Waals surface area contributed by atoms with Gasteiger partial charge in [-0.25, -0.2) is 17.5 Å². The second-order valence-corrected chi connectivity index (χ2v) is 5.87. The van der Waals surface area contributed by atoms with Crippen LogP contribution in [-0.2, 0) is 23.1 Å². The van der Waals surface area contributed by atoms with E-state index in [0.717, 1.165) is 6.07 Å². The van der Waals surface area contributed by atoms with Gasteiger partial charge in [0, 0.05) is 25.5 Å². The summed E-state index contributed by atoms with van der Waals surface area (Å²) in [7, 11) is -3.88. The van der Waals surface area contributed by atoms with Gasteiger partial charge in [-0.2, -0.15) is 5.10 Å². The third kappa shape index (κ3) is 3.41. The van der Waals surface area contributed by atoms with Crippen LogP contribution in [0.5, 0.6) is 0 Å². The lowest BCUT2D eigenvalue weighted by atomic mass is 10.2. The van der Waals surface area contributed by atoms with Gasteiger partial charge in [0.1, 0.15) is 10.7 Å². The van der Waals surface area contributed by atoms with E-state index in [1.807, 2.05) is 0 Å². The Kier molecular flexibility index (Phi) is 4.48. The standard InChI is InChI=1S/C12H15FN4O2S/c13-11-8-10(9-14)2-3-12(11)20(18,19)16-5-7-17-6-1-4-15-17/h1-4,6,8,16H,5,7,9,14H2. The molecule has 6 nitrogen and oxygen atoms in total. The van der Waals surface area contributed by atoms with Crippen LogP contribution < -0.4 is 10.5 Å². The van der Waals surface area contributed by atoms with Crippen molar-refractivity contribution in [3.63, 3.8) is 0 Å². The number of sulfonamides is 1. The van der Waals surface area contributed by atoms with Gasteiger partial charge in [0.25, 0.3) is 0 Å². The van der Waals surface area contributed by atoms with Crippen molar-refractivity contribution in [2.45, 2.75) is 18.0 Å². The fourth-order valence-electron chi connectivity index (χ4n) is 1.69. The zero-order valence-corrected chi connectivity index (χ0v) is 11.5. The van der Waals surface area contributed by atoms with Gasteiger partial charge in [0.2, 0.25) is 10.0 Å². The molecule has 0 radical (unpaired) electrons. The SMILES string of the molecule is NCc1ccc(S(=O)(=O)NCCn2cccn2)c(F)c1. The normalized spacial score (nSPS) is 11.7. The van der Waals surface area contributed by atoms with E-state index in [0.29, 0.717) is 12.1 Å². The van der Waals surface area contributed by atoms with Crippen LogP contribution in [0.2, 0.25) is 0 Å². The second kappa shape index (κ2) is 6.12. The molecule has 0 aliphatic heterocycles. The number of nitrogens with zero attached hydrogens (tertiary/aromatic N) is 2. The van der Waals surface area contributed by atoms with E-state index < -0.39 is 15.8 Å². The molecule has 0 fully saturated rings. The van der Waals surface area contributed by atoms with Crippen molar-refractivity contribution < 1.29 is 12.8 Å². The molecule has 0 saturated carbocycles. The quantitative estimate of drug-likeness (QED) is 0.810. The van der Waals surface area contributed by atoms with Crippen LogP contribution >= 0.6 is 0 Å². The molecule has 0 aliphatic rings. The highest BCUT2D eigenvalue weighted by Gasteiger charge is 2.18. The molecule has 2 rings (SSSR count). The Morgan fingerprint density at radius 2 is 2.20 bits per heavy atom. The van der Waals surface area contributed by atoms with Gasteiger partial charge in [-0.05, 0) is 23.8 Å². The Labute approximate surface area is 116 Å². The van der Waals surface area contributed by atoms with Gasteiger partial charge >= 0.3 is 0 Å². The first-order valence-electron chi connectivity index (χ1n) is 5.98. The van der Waals surface area contributed by atoms with Gasteiger partial charge in [0.15, 0.2) is 0 Å². The number of halogens is 1. The molecular weight excluding hydrogens is 283 g/mol. The minimum atomic E-state index is -3.88. The average Bonchev–Trinajstić information content (AvgIpc) is 2.91. The third-order valence-corrected chi connectivity index (χ3v) is 4.21. The predicted octanol–water partition coefficient (Wildman–Crippen LogP) is 0.459. The Hall–Kier alpha value is -1.77. The molecule has 1 aromatic heterocycles. The Bertz CT molecular complexity index is 671. The zero-order chi connectivity index (χ0) is 14.6. The molecule has 1 heterocycles. The monoisotopic (exact) mass is 298 g/mol. The summed E-state index contributed by atoms with van der Waals surface area (Å²) in [5, 5.41) is 3.94. The first-order chi connectivity index (χ1) is 9.53. The average molecular weight is 298 g/mol.